The van der Waals surface area contributed by atoms with Crippen LogP contribution in [0.4, 0.5) is 0 Å². The smallest absolute Gasteiger partial charge is 0.0409 e. The van der Waals surface area contributed by atoms with Crippen LogP contribution in [0.5, 0.6) is 0 Å². The lowest BCUT2D eigenvalue weighted by Gasteiger charge is -2.05. The minimum absolute atomic E-state index is 0.625. The van der Waals surface area contributed by atoms with Gasteiger partial charge in [0.1, 0.15) is 0 Å². The maximum atomic E-state index is 4.16. The van der Waals surface area contributed by atoms with Gasteiger partial charge in [-0.1, -0.05) is 26.0 Å². The van der Waals surface area contributed by atoms with Crippen LogP contribution in [0.25, 0.3) is 0 Å². The summed E-state index contributed by atoms with van der Waals surface area (Å²) in [5.41, 5.74) is 1.40. The average molecular weight is 198 g/mol. The van der Waals surface area contributed by atoms with Crippen molar-refractivity contribution in [2.45, 2.75) is 24.7 Å². The predicted octanol–water partition coefficient (Wildman–Crippen LogP) is 3.79. The lowest BCUT2D eigenvalue weighted by Crippen LogP contribution is -1.85. The van der Waals surface area contributed by atoms with Crippen molar-refractivity contribution in [2.24, 2.45) is 0 Å². The van der Waals surface area contributed by atoms with Crippen molar-refractivity contribution >= 4 is 24.4 Å². The van der Waals surface area contributed by atoms with Gasteiger partial charge in [-0.15, -0.1) is 11.8 Å². The average Bonchev–Trinajstić information content (AvgIpc) is 2.06. The van der Waals surface area contributed by atoms with Gasteiger partial charge in [0, 0.05) is 9.98 Å². The van der Waals surface area contributed by atoms with Gasteiger partial charge in [-0.3, -0.25) is 0 Å². The van der Waals surface area contributed by atoms with E-state index in [0.29, 0.717) is 5.92 Å². The van der Waals surface area contributed by atoms with Gasteiger partial charge >= 0.3 is 0 Å². The van der Waals surface area contributed by atoms with E-state index in [1.54, 1.807) is 11.8 Å². The Kier molecular flexibility index (Phi) is 4.02. The lowest BCUT2D eigenvalue weighted by molar-refractivity contribution is 0.865. The van der Waals surface area contributed by atoms with E-state index in [1.165, 1.54) is 10.5 Å². The molecule has 1 aromatic rings. The van der Waals surface area contributed by atoms with Crippen LogP contribution in [-0.2, 0) is 0 Å². The quantitative estimate of drug-likeness (QED) is 0.438. The maximum Gasteiger partial charge on any atom is 0.0409 e. The Morgan fingerprint density at radius 3 is 2.25 bits per heavy atom. The molecule has 0 atom stereocenters. The Bertz CT molecular complexity index is 226. The summed E-state index contributed by atoms with van der Waals surface area (Å²) in [4.78, 5) is 1.30. The summed E-state index contributed by atoms with van der Waals surface area (Å²) in [6.07, 6.45) is 0. The molecule has 0 amide bonds. The second kappa shape index (κ2) is 4.83. The van der Waals surface area contributed by atoms with E-state index < -0.39 is 0 Å². The highest BCUT2D eigenvalue weighted by atomic mass is 32.2. The summed E-state index contributed by atoms with van der Waals surface area (Å²) >= 11 is 5.92. The third-order valence-electron chi connectivity index (χ3n) is 1.78. The van der Waals surface area contributed by atoms with Crippen LogP contribution in [0.1, 0.15) is 25.3 Å². The maximum absolute atomic E-state index is 4.16. The molecule has 0 heterocycles. The molecule has 0 aliphatic carbocycles. The molecule has 0 bridgehead atoms. The number of thiol groups is 1. The van der Waals surface area contributed by atoms with Gasteiger partial charge in [0.2, 0.25) is 0 Å². The molecule has 0 aliphatic rings. The van der Waals surface area contributed by atoms with Crippen molar-refractivity contribution in [3.8, 4) is 0 Å². The summed E-state index contributed by atoms with van der Waals surface area (Å²) in [6, 6.07) is 8.71. The van der Waals surface area contributed by atoms with E-state index >= 15 is 0 Å². The summed E-state index contributed by atoms with van der Waals surface area (Å²) in [5, 5.41) is 0.848. The van der Waals surface area contributed by atoms with Crippen LogP contribution < -0.4 is 0 Å². The molecule has 0 spiro atoms. The van der Waals surface area contributed by atoms with Gasteiger partial charge < -0.3 is 0 Å². The van der Waals surface area contributed by atoms with Crippen molar-refractivity contribution in [2.75, 3.05) is 5.08 Å². The molecule has 1 rings (SSSR count). The molecule has 12 heavy (non-hydrogen) atoms. The monoisotopic (exact) mass is 198 g/mol. The molecule has 0 radical (unpaired) electrons. The molecule has 2 heteroatoms. The Balaban J connectivity index is 2.71. The van der Waals surface area contributed by atoms with Crippen LogP contribution >= 0.6 is 24.4 Å². The molecule has 0 saturated heterocycles. The third-order valence-corrected chi connectivity index (χ3v) is 2.90. The van der Waals surface area contributed by atoms with E-state index in [-0.39, 0.29) is 0 Å². The first-order chi connectivity index (χ1) is 5.74. The molecular weight excluding hydrogens is 184 g/mol. The molecule has 0 aromatic heterocycles. The zero-order valence-electron chi connectivity index (χ0n) is 7.45. The topological polar surface area (TPSA) is 0 Å². The number of benzene rings is 1. The highest BCUT2D eigenvalue weighted by molar-refractivity contribution is 8.09. The fraction of sp³-hybridized carbons (Fsp3) is 0.400. The van der Waals surface area contributed by atoms with Crippen molar-refractivity contribution in [1.29, 1.82) is 0 Å². The minimum Gasteiger partial charge on any atom is -0.168 e. The molecule has 0 unspecified atom stereocenters. The summed E-state index contributed by atoms with van der Waals surface area (Å²) < 4.78 is 0. The normalized spacial score (nSPS) is 10.7. The Morgan fingerprint density at radius 2 is 1.83 bits per heavy atom. The fourth-order valence-electron chi connectivity index (χ4n) is 1.02. The van der Waals surface area contributed by atoms with E-state index in [9.17, 15) is 0 Å². The number of thioether (sulfide) groups is 1. The summed E-state index contributed by atoms with van der Waals surface area (Å²) in [7, 11) is 0. The largest absolute Gasteiger partial charge is 0.168 e. The minimum atomic E-state index is 0.625. The van der Waals surface area contributed by atoms with Crippen LogP contribution in [0.2, 0.25) is 0 Å². The highest BCUT2D eigenvalue weighted by Gasteiger charge is 1.97. The summed E-state index contributed by atoms with van der Waals surface area (Å²) in [6.45, 7) is 4.42. The number of hydrogen-bond acceptors (Lipinski definition) is 2. The van der Waals surface area contributed by atoms with Crippen LogP contribution in [-0.4, -0.2) is 5.08 Å². The Morgan fingerprint density at radius 1 is 1.25 bits per heavy atom. The zero-order chi connectivity index (χ0) is 8.97. The molecule has 66 valence electrons. The second-order valence-corrected chi connectivity index (χ2v) is 4.79. The van der Waals surface area contributed by atoms with Crippen LogP contribution in [0.3, 0.4) is 0 Å². The van der Waals surface area contributed by atoms with E-state index in [0.717, 1.165) is 5.08 Å². The van der Waals surface area contributed by atoms with Crippen molar-refractivity contribution in [1.82, 2.24) is 0 Å². The summed E-state index contributed by atoms with van der Waals surface area (Å²) in [5.74, 6) is 0.625. The van der Waals surface area contributed by atoms with Gasteiger partial charge in [-0.25, -0.2) is 0 Å². The Hall–Kier alpha value is -0.0800. The number of rotatable bonds is 3. The van der Waals surface area contributed by atoms with Crippen LogP contribution in [0, 0.1) is 0 Å². The molecule has 1 aromatic carbocycles. The van der Waals surface area contributed by atoms with E-state index in [1.807, 2.05) is 0 Å². The van der Waals surface area contributed by atoms with E-state index in [4.69, 9.17) is 0 Å². The first kappa shape index (κ1) is 10.0. The van der Waals surface area contributed by atoms with Gasteiger partial charge in [0.15, 0.2) is 0 Å². The van der Waals surface area contributed by atoms with Crippen molar-refractivity contribution in [3.63, 3.8) is 0 Å². The SMILES string of the molecule is CC(C)c1ccc(SCS)cc1. The third kappa shape index (κ3) is 2.76. The second-order valence-electron chi connectivity index (χ2n) is 3.00. The van der Waals surface area contributed by atoms with Gasteiger partial charge in [-0.05, 0) is 23.6 Å². The number of hydrogen-bond donors (Lipinski definition) is 1. The van der Waals surface area contributed by atoms with Gasteiger partial charge in [0.05, 0.1) is 0 Å². The van der Waals surface area contributed by atoms with E-state index in [2.05, 4.69) is 50.7 Å². The molecule has 0 aliphatic heterocycles. The molecule has 0 N–H and O–H groups in total. The fourth-order valence-corrected chi connectivity index (χ4v) is 1.95. The standard InChI is InChI=1S/C10H14S2/c1-8(2)9-3-5-10(6-4-9)12-7-11/h3-6,8,11H,7H2,1-2H3. The lowest BCUT2D eigenvalue weighted by atomic mass is 10.0. The molecule has 0 nitrogen and oxygen atoms in total. The Labute approximate surface area is 84.2 Å². The van der Waals surface area contributed by atoms with Crippen LogP contribution in [0.15, 0.2) is 29.2 Å². The zero-order valence-corrected chi connectivity index (χ0v) is 9.16. The van der Waals surface area contributed by atoms with Crippen molar-refractivity contribution in [3.05, 3.63) is 29.8 Å². The predicted molar refractivity (Wildman–Crippen MR) is 60.2 cm³/mol. The molecule has 0 saturated carbocycles. The molecule has 0 fully saturated rings. The van der Waals surface area contributed by atoms with Gasteiger partial charge in [-0.2, -0.15) is 12.6 Å². The highest BCUT2D eigenvalue weighted by Crippen LogP contribution is 2.21. The first-order valence-corrected chi connectivity index (χ1v) is 5.69. The molecular formula is C10H14S2. The van der Waals surface area contributed by atoms with Gasteiger partial charge in [0.25, 0.3) is 0 Å². The first-order valence-electron chi connectivity index (χ1n) is 4.07. The van der Waals surface area contributed by atoms with Crippen molar-refractivity contribution < 1.29 is 0 Å².